The maximum atomic E-state index is 6.12. The SMILES string of the molecule is COc1cccc(C2Cc3ccc(Br)cc3N(C)CCO2)c1. The van der Waals surface area contributed by atoms with Crippen molar-refractivity contribution in [2.45, 2.75) is 12.5 Å². The van der Waals surface area contributed by atoms with Crippen molar-refractivity contribution >= 4 is 21.6 Å². The molecule has 3 rings (SSSR count). The smallest absolute Gasteiger partial charge is 0.119 e. The first kappa shape index (κ1) is 15.4. The number of hydrogen-bond donors (Lipinski definition) is 0. The van der Waals surface area contributed by atoms with Crippen LogP contribution in [-0.4, -0.2) is 27.3 Å². The number of anilines is 1. The standard InChI is InChI=1S/C18H20BrNO2/c1-20-8-9-22-18(14-4-3-5-16(10-14)21-2)11-13-6-7-15(19)12-17(13)20/h3-7,10,12,18H,8-9,11H2,1-2H3. The van der Waals surface area contributed by atoms with Crippen LogP contribution >= 0.6 is 15.9 Å². The first-order valence-corrected chi connectivity index (χ1v) is 8.22. The van der Waals surface area contributed by atoms with E-state index in [1.54, 1.807) is 7.11 Å². The third kappa shape index (κ3) is 3.28. The third-order valence-electron chi connectivity index (χ3n) is 4.08. The fourth-order valence-electron chi connectivity index (χ4n) is 2.83. The molecule has 1 aliphatic heterocycles. The molecule has 22 heavy (non-hydrogen) atoms. The molecule has 0 amide bonds. The highest BCUT2D eigenvalue weighted by atomic mass is 79.9. The van der Waals surface area contributed by atoms with Crippen molar-refractivity contribution in [1.29, 1.82) is 0 Å². The molecule has 3 nitrogen and oxygen atoms in total. The minimum atomic E-state index is 0.0590. The van der Waals surface area contributed by atoms with Crippen LogP contribution in [0.4, 0.5) is 5.69 Å². The van der Waals surface area contributed by atoms with Gasteiger partial charge in [0, 0.05) is 30.2 Å². The lowest BCUT2D eigenvalue weighted by molar-refractivity contribution is 0.0558. The Hall–Kier alpha value is -1.52. The van der Waals surface area contributed by atoms with Crippen molar-refractivity contribution < 1.29 is 9.47 Å². The largest absolute Gasteiger partial charge is 0.497 e. The van der Waals surface area contributed by atoms with Gasteiger partial charge in [-0.1, -0.05) is 34.1 Å². The zero-order chi connectivity index (χ0) is 15.5. The van der Waals surface area contributed by atoms with E-state index < -0.39 is 0 Å². The molecule has 0 saturated carbocycles. The average Bonchev–Trinajstić information content (AvgIpc) is 2.53. The average molecular weight is 362 g/mol. The summed E-state index contributed by atoms with van der Waals surface area (Å²) in [5.74, 6) is 0.872. The molecule has 1 heterocycles. The van der Waals surface area contributed by atoms with Crippen molar-refractivity contribution in [3.63, 3.8) is 0 Å². The Balaban J connectivity index is 1.94. The summed E-state index contributed by atoms with van der Waals surface area (Å²) in [6.07, 6.45) is 0.920. The van der Waals surface area contributed by atoms with Gasteiger partial charge in [-0.2, -0.15) is 0 Å². The second-order valence-electron chi connectivity index (χ2n) is 5.53. The Morgan fingerprint density at radius 2 is 2.09 bits per heavy atom. The van der Waals surface area contributed by atoms with E-state index in [9.17, 15) is 0 Å². The zero-order valence-electron chi connectivity index (χ0n) is 12.9. The van der Waals surface area contributed by atoms with Crippen molar-refractivity contribution in [1.82, 2.24) is 0 Å². The number of ether oxygens (including phenoxy) is 2. The Kier molecular flexibility index (Phi) is 4.69. The van der Waals surface area contributed by atoms with E-state index in [1.165, 1.54) is 11.3 Å². The Labute approximate surface area is 140 Å². The lowest BCUT2D eigenvalue weighted by atomic mass is 9.98. The second kappa shape index (κ2) is 6.71. The number of hydrogen-bond acceptors (Lipinski definition) is 3. The Bertz CT molecular complexity index is 659. The highest BCUT2D eigenvalue weighted by Crippen LogP contribution is 2.33. The van der Waals surface area contributed by atoms with Crippen LogP contribution in [0.3, 0.4) is 0 Å². The fraction of sp³-hybridized carbons (Fsp3) is 0.333. The van der Waals surface area contributed by atoms with Gasteiger partial charge in [-0.3, -0.25) is 0 Å². The monoisotopic (exact) mass is 361 g/mol. The number of methoxy groups -OCH3 is 1. The van der Waals surface area contributed by atoms with Gasteiger partial charge in [-0.25, -0.2) is 0 Å². The Morgan fingerprint density at radius 3 is 2.91 bits per heavy atom. The molecule has 0 aromatic heterocycles. The fourth-order valence-corrected chi connectivity index (χ4v) is 3.18. The quantitative estimate of drug-likeness (QED) is 0.799. The number of nitrogens with zero attached hydrogens (tertiary/aromatic N) is 1. The molecule has 0 radical (unpaired) electrons. The minimum absolute atomic E-state index is 0.0590. The van der Waals surface area contributed by atoms with E-state index >= 15 is 0 Å². The van der Waals surface area contributed by atoms with E-state index in [2.05, 4.69) is 58.2 Å². The topological polar surface area (TPSA) is 21.7 Å². The number of likely N-dealkylation sites (N-methyl/N-ethyl adjacent to an activating group) is 1. The van der Waals surface area contributed by atoms with Gasteiger partial charge in [0.15, 0.2) is 0 Å². The maximum Gasteiger partial charge on any atom is 0.119 e. The summed E-state index contributed by atoms with van der Waals surface area (Å²) in [6, 6.07) is 14.6. The lowest BCUT2D eigenvalue weighted by Gasteiger charge is -2.29. The number of fused-ring (bicyclic) bond motifs is 1. The van der Waals surface area contributed by atoms with Crippen LogP contribution in [0.25, 0.3) is 0 Å². The van der Waals surface area contributed by atoms with Crippen molar-refractivity contribution in [2.75, 3.05) is 32.2 Å². The minimum Gasteiger partial charge on any atom is -0.497 e. The molecule has 116 valence electrons. The predicted molar refractivity (Wildman–Crippen MR) is 92.8 cm³/mol. The van der Waals surface area contributed by atoms with Crippen LogP contribution in [0.15, 0.2) is 46.9 Å². The van der Waals surface area contributed by atoms with Crippen LogP contribution < -0.4 is 9.64 Å². The number of benzene rings is 2. The summed E-state index contributed by atoms with van der Waals surface area (Å²) in [5.41, 5.74) is 3.74. The van der Waals surface area contributed by atoms with Gasteiger partial charge in [0.2, 0.25) is 0 Å². The van der Waals surface area contributed by atoms with Crippen molar-refractivity contribution in [2.24, 2.45) is 0 Å². The lowest BCUT2D eigenvalue weighted by Crippen LogP contribution is -2.27. The molecule has 0 aliphatic carbocycles. The highest BCUT2D eigenvalue weighted by Gasteiger charge is 2.20. The van der Waals surface area contributed by atoms with Gasteiger partial charge in [-0.05, 0) is 35.4 Å². The molecule has 1 unspecified atom stereocenters. The molecule has 1 aliphatic rings. The molecule has 2 aromatic rings. The van der Waals surface area contributed by atoms with Crippen LogP contribution in [0, 0.1) is 0 Å². The van der Waals surface area contributed by atoms with E-state index in [0.29, 0.717) is 6.61 Å². The van der Waals surface area contributed by atoms with E-state index in [1.807, 2.05) is 12.1 Å². The van der Waals surface area contributed by atoms with Gasteiger partial charge in [0.25, 0.3) is 0 Å². The molecule has 2 aromatic carbocycles. The van der Waals surface area contributed by atoms with Gasteiger partial charge >= 0.3 is 0 Å². The van der Waals surface area contributed by atoms with E-state index in [4.69, 9.17) is 9.47 Å². The van der Waals surface area contributed by atoms with Gasteiger partial charge in [0.1, 0.15) is 5.75 Å². The summed E-state index contributed by atoms with van der Waals surface area (Å²) < 4.78 is 12.6. The van der Waals surface area contributed by atoms with E-state index in [-0.39, 0.29) is 6.10 Å². The van der Waals surface area contributed by atoms with Crippen LogP contribution in [0.2, 0.25) is 0 Å². The van der Waals surface area contributed by atoms with Crippen LogP contribution in [-0.2, 0) is 11.2 Å². The third-order valence-corrected chi connectivity index (χ3v) is 4.57. The van der Waals surface area contributed by atoms with Gasteiger partial charge in [-0.15, -0.1) is 0 Å². The summed E-state index contributed by atoms with van der Waals surface area (Å²) in [5, 5.41) is 0. The maximum absolute atomic E-state index is 6.12. The zero-order valence-corrected chi connectivity index (χ0v) is 14.5. The molecular weight excluding hydrogens is 342 g/mol. The summed E-state index contributed by atoms with van der Waals surface area (Å²) in [6.45, 7) is 1.59. The first-order valence-electron chi connectivity index (χ1n) is 7.42. The molecule has 0 spiro atoms. The molecule has 4 heteroatoms. The van der Waals surface area contributed by atoms with Gasteiger partial charge < -0.3 is 14.4 Å². The summed E-state index contributed by atoms with van der Waals surface area (Å²) >= 11 is 3.57. The summed E-state index contributed by atoms with van der Waals surface area (Å²) in [4.78, 5) is 2.25. The molecular formula is C18H20BrNO2. The van der Waals surface area contributed by atoms with Crippen LogP contribution in [0.1, 0.15) is 17.2 Å². The molecule has 0 N–H and O–H groups in total. The van der Waals surface area contributed by atoms with Crippen LogP contribution in [0.5, 0.6) is 5.75 Å². The Morgan fingerprint density at radius 1 is 1.23 bits per heavy atom. The van der Waals surface area contributed by atoms with Crippen molar-refractivity contribution in [3.8, 4) is 5.75 Å². The molecule has 0 bridgehead atoms. The molecule has 0 fully saturated rings. The molecule has 0 saturated heterocycles. The van der Waals surface area contributed by atoms with Crippen molar-refractivity contribution in [3.05, 3.63) is 58.1 Å². The highest BCUT2D eigenvalue weighted by molar-refractivity contribution is 9.10. The normalized spacial score (nSPS) is 18.3. The van der Waals surface area contributed by atoms with Gasteiger partial charge in [0.05, 0.1) is 19.8 Å². The predicted octanol–water partition coefficient (Wildman–Crippen LogP) is 4.21. The number of rotatable bonds is 2. The first-order chi connectivity index (χ1) is 10.7. The van der Waals surface area contributed by atoms with E-state index in [0.717, 1.165) is 28.8 Å². The summed E-state index contributed by atoms with van der Waals surface area (Å²) in [7, 11) is 3.81. The second-order valence-corrected chi connectivity index (χ2v) is 6.45. The molecule has 1 atom stereocenters. The number of halogens is 1.